The van der Waals surface area contributed by atoms with Crippen molar-refractivity contribution in [1.29, 1.82) is 5.26 Å². The SMILES string of the molecule is CC1=C[C@H]2Cc3nc4cc(Cl)ccc4c(NCCCCCCC#N)c3[C@@H](C1)C2. The van der Waals surface area contributed by atoms with Crippen molar-refractivity contribution in [2.75, 3.05) is 11.9 Å². The highest BCUT2D eigenvalue weighted by Gasteiger charge is 2.33. The molecule has 0 aliphatic heterocycles. The summed E-state index contributed by atoms with van der Waals surface area (Å²) in [7, 11) is 0. The van der Waals surface area contributed by atoms with Crippen LogP contribution in [-0.2, 0) is 6.42 Å². The molecule has 3 nitrogen and oxygen atoms in total. The Morgan fingerprint density at radius 1 is 1.21 bits per heavy atom. The van der Waals surface area contributed by atoms with Crippen LogP contribution >= 0.6 is 11.6 Å². The topological polar surface area (TPSA) is 48.7 Å². The van der Waals surface area contributed by atoms with Gasteiger partial charge in [0.05, 0.1) is 11.6 Å². The molecule has 0 spiro atoms. The van der Waals surface area contributed by atoms with E-state index in [0.29, 0.717) is 18.3 Å². The van der Waals surface area contributed by atoms with Gasteiger partial charge >= 0.3 is 0 Å². The zero-order chi connectivity index (χ0) is 19.5. The maximum absolute atomic E-state index is 8.66. The maximum atomic E-state index is 8.66. The van der Waals surface area contributed by atoms with Gasteiger partial charge in [-0.1, -0.05) is 36.1 Å². The summed E-state index contributed by atoms with van der Waals surface area (Å²) in [6.07, 6.45) is 11.0. The minimum atomic E-state index is 0.574. The Labute approximate surface area is 172 Å². The van der Waals surface area contributed by atoms with Crippen molar-refractivity contribution in [3.05, 3.63) is 46.1 Å². The molecule has 2 atom stereocenters. The third-order valence-corrected chi connectivity index (χ3v) is 6.36. The minimum absolute atomic E-state index is 0.574. The molecule has 1 heterocycles. The summed E-state index contributed by atoms with van der Waals surface area (Å²) in [5.74, 6) is 1.20. The van der Waals surface area contributed by atoms with E-state index in [9.17, 15) is 0 Å². The highest BCUT2D eigenvalue weighted by molar-refractivity contribution is 6.31. The number of fused-ring (bicyclic) bond motifs is 5. The fraction of sp³-hybridized carbons (Fsp3) is 0.500. The first kappa shape index (κ1) is 19.3. The van der Waals surface area contributed by atoms with Gasteiger partial charge in [-0.05, 0) is 69.1 Å². The smallest absolute Gasteiger partial charge is 0.0741 e. The summed E-state index contributed by atoms with van der Waals surface area (Å²) in [5, 5.41) is 14.4. The number of hydrogen-bond donors (Lipinski definition) is 1. The second-order valence-electron chi connectivity index (χ2n) is 8.37. The van der Waals surface area contributed by atoms with E-state index < -0.39 is 0 Å². The third-order valence-electron chi connectivity index (χ3n) is 6.12. The van der Waals surface area contributed by atoms with Gasteiger partial charge in [-0.15, -0.1) is 0 Å². The molecule has 0 radical (unpaired) electrons. The first-order valence-corrected chi connectivity index (χ1v) is 10.9. The fourth-order valence-corrected chi connectivity index (χ4v) is 5.14. The summed E-state index contributed by atoms with van der Waals surface area (Å²) in [5.41, 5.74) is 6.51. The molecule has 28 heavy (non-hydrogen) atoms. The number of rotatable bonds is 7. The van der Waals surface area contributed by atoms with E-state index in [0.717, 1.165) is 49.2 Å². The van der Waals surface area contributed by atoms with E-state index in [-0.39, 0.29) is 0 Å². The van der Waals surface area contributed by atoms with Crippen molar-refractivity contribution in [2.45, 2.75) is 64.2 Å². The first-order valence-electron chi connectivity index (χ1n) is 10.6. The minimum Gasteiger partial charge on any atom is -0.384 e. The quantitative estimate of drug-likeness (QED) is 0.417. The zero-order valence-electron chi connectivity index (χ0n) is 16.6. The van der Waals surface area contributed by atoms with Crippen LogP contribution in [0.15, 0.2) is 29.8 Å². The van der Waals surface area contributed by atoms with Gasteiger partial charge in [-0.3, -0.25) is 4.98 Å². The second-order valence-corrected chi connectivity index (χ2v) is 8.81. The molecular weight excluding hydrogens is 366 g/mol. The lowest BCUT2D eigenvalue weighted by Crippen LogP contribution is -2.24. The average molecular weight is 394 g/mol. The molecular formula is C24H28ClN3. The summed E-state index contributed by atoms with van der Waals surface area (Å²) < 4.78 is 0. The molecule has 1 aromatic heterocycles. The van der Waals surface area contributed by atoms with E-state index in [2.05, 4.69) is 30.5 Å². The first-order chi connectivity index (χ1) is 13.7. The fourth-order valence-electron chi connectivity index (χ4n) is 4.97. The second kappa shape index (κ2) is 8.53. The normalized spacial score (nSPS) is 20.4. The van der Waals surface area contributed by atoms with Gasteiger partial charge in [0.1, 0.15) is 0 Å². The van der Waals surface area contributed by atoms with Crippen LogP contribution in [0, 0.1) is 17.2 Å². The van der Waals surface area contributed by atoms with Gasteiger partial charge in [-0.2, -0.15) is 5.26 Å². The van der Waals surface area contributed by atoms with Crippen molar-refractivity contribution in [3.63, 3.8) is 0 Å². The van der Waals surface area contributed by atoms with E-state index in [4.69, 9.17) is 21.8 Å². The number of hydrogen-bond acceptors (Lipinski definition) is 3. The standard InChI is InChI=1S/C24H28ClN3/c1-16-11-17-13-18(12-16)23-22(14-17)28-21-15-19(25)7-8-20(21)24(23)27-10-6-4-2-3-5-9-26/h7-8,11,15,17-18H,2-6,10,12-14H2,1H3,(H,27,28)/t17-,18+/m1/s1. The largest absolute Gasteiger partial charge is 0.384 e. The number of halogens is 1. The number of anilines is 1. The van der Waals surface area contributed by atoms with Crippen LogP contribution in [0.4, 0.5) is 5.69 Å². The summed E-state index contributed by atoms with van der Waals surface area (Å²) in [6, 6.07) is 8.32. The molecule has 4 rings (SSSR count). The summed E-state index contributed by atoms with van der Waals surface area (Å²) >= 11 is 6.26. The molecule has 0 saturated carbocycles. The Morgan fingerprint density at radius 2 is 2.07 bits per heavy atom. The molecule has 4 heteroatoms. The van der Waals surface area contributed by atoms with Crippen LogP contribution in [0.5, 0.6) is 0 Å². The van der Waals surface area contributed by atoms with E-state index in [1.54, 1.807) is 0 Å². The van der Waals surface area contributed by atoms with Crippen molar-refractivity contribution >= 4 is 28.2 Å². The highest BCUT2D eigenvalue weighted by atomic mass is 35.5. The van der Waals surface area contributed by atoms with Gasteiger partial charge in [-0.25, -0.2) is 0 Å². The van der Waals surface area contributed by atoms with Crippen LogP contribution in [-0.4, -0.2) is 11.5 Å². The molecule has 2 bridgehead atoms. The number of benzene rings is 1. The summed E-state index contributed by atoms with van der Waals surface area (Å²) in [4.78, 5) is 5.04. The molecule has 2 aromatic rings. The number of nitrogens with zero attached hydrogens (tertiary/aromatic N) is 2. The van der Waals surface area contributed by atoms with Crippen LogP contribution < -0.4 is 5.32 Å². The number of nitriles is 1. The number of unbranched alkanes of at least 4 members (excludes halogenated alkanes) is 4. The molecule has 0 saturated heterocycles. The van der Waals surface area contributed by atoms with Crippen molar-refractivity contribution in [2.24, 2.45) is 5.92 Å². The number of allylic oxidation sites excluding steroid dienone is 2. The van der Waals surface area contributed by atoms with Crippen LogP contribution in [0.2, 0.25) is 5.02 Å². The predicted molar refractivity (Wildman–Crippen MR) is 117 cm³/mol. The van der Waals surface area contributed by atoms with Gasteiger partial charge < -0.3 is 5.32 Å². The Hall–Kier alpha value is -2.05. The highest BCUT2D eigenvalue weighted by Crippen LogP contribution is 2.47. The Kier molecular flexibility index (Phi) is 5.87. The van der Waals surface area contributed by atoms with Crippen molar-refractivity contribution < 1.29 is 0 Å². The summed E-state index contributed by atoms with van der Waals surface area (Å²) in [6.45, 7) is 3.23. The van der Waals surface area contributed by atoms with Crippen LogP contribution in [0.25, 0.3) is 10.9 Å². The predicted octanol–water partition coefficient (Wildman–Crippen LogP) is 6.77. The Bertz CT molecular complexity index is 941. The van der Waals surface area contributed by atoms with Crippen LogP contribution in [0.3, 0.4) is 0 Å². The monoisotopic (exact) mass is 393 g/mol. The molecule has 1 N–H and O–H groups in total. The van der Waals surface area contributed by atoms with E-state index >= 15 is 0 Å². The van der Waals surface area contributed by atoms with Crippen molar-refractivity contribution in [1.82, 2.24) is 4.98 Å². The van der Waals surface area contributed by atoms with Gasteiger partial charge in [0.15, 0.2) is 0 Å². The number of aromatic nitrogens is 1. The van der Waals surface area contributed by atoms with E-state index in [1.807, 2.05) is 12.1 Å². The molecule has 2 aliphatic rings. The average Bonchev–Trinajstić information content (AvgIpc) is 2.65. The molecule has 0 amide bonds. The van der Waals surface area contributed by atoms with Gasteiger partial charge in [0, 0.05) is 40.3 Å². The van der Waals surface area contributed by atoms with Crippen molar-refractivity contribution in [3.8, 4) is 6.07 Å². The lowest BCUT2D eigenvalue weighted by Gasteiger charge is -2.36. The molecule has 0 fully saturated rings. The lowest BCUT2D eigenvalue weighted by molar-refractivity contribution is 0.433. The Morgan fingerprint density at radius 3 is 2.93 bits per heavy atom. The van der Waals surface area contributed by atoms with E-state index in [1.165, 1.54) is 40.7 Å². The lowest BCUT2D eigenvalue weighted by atomic mass is 9.71. The molecule has 146 valence electrons. The zero-order valence-corrected chi connectivity index (χ0v) is 17.4. The molecule has 2 aliphatic carbocycles. The van der Waals surface area contributed by atoms with Gasteiger partial charge in [0.25, 0.3) is 0 Å². The van der Waals surface area contributed by atoms with Gasteiger partial charge in [0.2, 0.25) is 0 Å². The number of pyridine rings is 1. The molecule has 0 unspecified atom stereocenters. The Balaban J connectivity index is 1.61. The molecule has 1 aromatic carbocycles. The maximum Gasteiger partial charge on any atom is 0.0741 e. The number of nitrogens with one attached hydrogen (secondary N) is 1. The third kappa shape index (κ3) is 4.03. The van der Waals surface area contributed by atoms with Crippen LogP contribution in [0.1, 0.15) is 69.0 Å².